The molecule has 0 aliphatic carbocycles. The van der Waals surface area contributed by atoms with Gasteiger partial charge in [-0.3, -0.25) is 0 Å². The van der Waals surface area contributed by atoms with Crippen LogP contribution in [0.4, 0.5) is 5.95 Å². The second kappa shape index (κ2) is 5.27. The fourth-order valence-electron chi connectivity index (χ4n) is 1.58. The summed E-state index contributed by atoms with van der Waals surface area (Å²) in [6.07, 6.45) is 5.71. The zero-order valence-electron chi connectivity index (χ0n) is 10.00. The molecule has 0 saturated heterocycles. The Morgan fingerprint density at radius 3 is 2.88 bits per heavy atom. The zero-order chi connectivity index (χ0) is 12.3. The molecule has 0 bridgehead atoms. The van der Waals surface area contributed by atoms with E-state index in [9.17, 15) is 0 Å². The third-order valence-electron chi connectivity index (χ3n) is 2.57. The molecule has 0 saturated carbocycles. The minimum absolute atomic E-state index is 0.450. The molecule has 0 atom stereocenters. The first-order valence-corrected chi connectivity index (χ1v) is 6.12. The van der Waals surface area contributed by atoms with Crippen LogP contribution in [-0.4, -0.2) is 21.5 Å². The van der Waals surface area contributed by atoms with Crippen LogP contribution < -0.4 is 5.32 Å². The number of halogens is 1. The van der Waals surface area contributed by atoms with Crippen molar-refractivity contribution in [3.63, 3.8) is 0 Å². The average Bonchev–Trinajstić information content (AvgIpc) is 2.34. The Bertz CT molecular complexity index is 527. The maximum atomic E-state index is 6.00. The van der Waals surface area contributed by atoms with Gasteiger partial charge in [-0.25, -0.2) is 15.0 Å². The Kier molecular flexibility index (Phi) is 3.74. The van der Waals surface area contributed by atoms with Crippen molar-refractivity contribution >= 4 is 28.5 Å². The highest BCUT2D eigenvalue weighted by molar-refractivity contribution is 6.34. The van der Waals surface area contributed by atoms with Crippen molar-refractivity contribution in [3.05, 3.63) is 23.1 Å². The highest BCUT2D eigenvalue weighted by Crippen LogP contribution is 2.22. The summed E-state index contributed by atoms with van der Waals surface area (Å²) >= 11 is 6.00. The number of pyridine rings is 1. The van der Waals surface area contributed by atoms with Gasteiger partial charge in [-0.05, 0) is 18.9 Å². The Balaban J connectivity index is 2.33. The molecule has 0 amide bonds. The quantitative estimate of drug-likeness (QED) is 0.669. The summed E-state index contributed by atoms with van der Waals surface area (Å²) in [5, 5.41) is 4.45. The first-order valence-electron chi connectivity index (χ1n) is 5.74. The van der Waals surface area contributed by atoms with Crippen LogP contribution >= 0.6 is 11.6 Å². The molecule has 5 heteroatoms. The van der Waals surface area contributed by atoms with Crippen LogP contribution in [-0.2, 0) is 0 Å². The van der Waals surface area contributed by atoms with E-state index in [0.29, 0.717) is 11.1 Å². The lowest BCUT2D eigenvalue weighted by molar-refractivity contribution is 0.827. The van der Waals surface area contributed by atoms with Crippen molar-refractivity contribution in [2.24, 2.45) is 0 Å². The van der Waals surface area contributed by atoms with E-state index in [4.69, 9.17) is 11.6 Å². The summed E-state index contributed by atoms with van der Waals surface area (Å²) in [5.74, 6) is 0.649. The average molecular weight is 251 g/mol. The summed E-state index contributed by atoms with van der Waals surface area (Å²) < 4.78 is 0. The second-order valence-electron chi connectivity index (χ2n) is 3.97. The number of fused-ring (bicyclic) bond motifs is 1. The highest BCUT2D eigenvalue weighted by Gasteiger charge is 2.06. The van der Waals surface area contributed by atoms with Crippen molar-refractivity contribution in [2.75, 3.05) is 11.9 Å². The molecule has 2 aromatic heterocycles. The van der Waals surface area contributed by atoms with Crippen LogP contribution in [0.3, 0.4) is 0 Å². The lowest BCUT2D eigenvalue weighted by atomic mass is 10.2. The molecular formula is C12H15ClN4. The molecule has 0 unspecified atom stereocenters. The molecule has 4 nitrogen and oxygen atoms in total. The van der Waals surface area contributed by atoms with E-state index in [2.05, 4.69) is 27.2 Å². The van der Waals surface area contributed by atoms with Crippen molar-refractivity contribution in [1.29, 1.82) is 0 Å². The van der Waals surface area contributed by atoms with Crippen LogP contribution in [0.25, 0.3) is 10.9 Å². The van der Waals surface area contributed by atoms with E-state index < -0.39 is 0 Å². The Labute approximate surface area is 105 Å². The van der Waals surface area contributed by atoms with Crippen molar-refractivity contribution in [2.45, 2.75) is 26.7 Å². The lowest BCUT2D eigenvalue weighted by Gasteiger charge is -2.06. The number of aryl methyl sites for hydroxylation is 1. The topological polar surface area (TPSA) is 50.7 Å². The first kappa shape index (κ1) is 12.0. The van der Waals surface area contributed by atoms with Gasteiger partial charge in [-0.2, -0.15) is 0 Å². The first-order chi connectivity index (χ1) is 8.22. The maximum absolute atomic E-state index is 6.00. The fourth-order valence-corrected chi connectivity index (χ4v) is 1.77. The third-order valence-corrected chi connectivity index (χ3v) is 2.87. The van der Waals surface area contributed by atoms with Crippen LogP contribution in [0.2, 0.25) is 5.15 Å². The van der Waals surface area contributed by atoms with E-state index in [1.165, 1.54) is 0 Å². The Morgan fingerprint density at radius 2 is 2.12 bits per heavy atom. The summed E-state index contributed by atoms with van der Waals surface area (Å²) in [6.45, 7) is 5.01. The molecule has 2 heterocycles. The van der Waals surface area contributed by atoms with Gasteiger partial charge in [0.1, 0.15) is 5.15 Å². The Hall–Kier alpha value is -1.42. The van der Waals surface area contributed by atoms with Gasteiger partial charge in [0.05, 0.1) is 10.9 Å². The minimum atomic E-state index is 0.450. The number of nitrogens with one attached hydrogen (secondary N) is 1. The summed E-state index contributed by atoms with van der Waals surface area (Å²) in [4.78, 5) is 12.8. The standard InChI is InChI=1S/C12H15ClN4/c1-3-4-5-14-12-16-7-9-10(17-12)8(2)6-15-11(9)13/h6-7H,3-5H2,1-2H3,(H,14,16,17). The second-order valence-corrected chi connectivity index (χ2v) is 4.33. The van der Waals surface area contributed by atoms with E-state index in [0.717, 1.165) is 35.9 Å². The molecule has 0 radical (unpaired) electrons. The molecule has 17 heavy (non-hydrogen) atoms. The van der Waals surface area contributed by atoms with Crippen molar-refractivity contribution < 1.29 is 0 Å². The van der Waals surface area contributed by atoms with Gasteiger partial charge >= 0.3 is 0 Å². The van der Waals surface area contributed by atoms with Crippen molar-refractivity contribution in [3.8, 4) is 0 Å². The van der Waals surface area contributed by atoms with Crippen LogP contribution in [0.5, 0.6) is 0 Å². The van der Waals surface area contributed by atoms with Crippen LogP contribution in [0.15, 0.2) is 12.4 Å². The van der Waals surface area contributed by atoms with E-state index in [1.54, 1.807) is 12.4 Å². The van der Waals surface area contributed by atoms with Gasteiger partial charge in [-0.15, -0.1) is 0 Å². The number of unbranched alkanes of at least 4 members (excludes halogenated alkanes) is 1. The third kappa shape index (κ3) is 2.64. The van der Waals surface area contributed by atoms with Crippen LogP contribution in [0, 0.1) is 6.92 Å². The molecule has 90 valence electrons. The molecule has 2 aromatic rings. The van der Waals surface area contributed by atoms with Gasteiger partial charge < -0.3 is 5.32 Å². The number of hydrogen-bond donors (Lipinski definition) is 1. The van der Waals surface area contributed by atoms with Gasteiger partial charge in [0.25, 0.3) is 0 Å². The molecule has 0 fully saturated rings. The number of anilines is 1. The summed E-state index contributed by atoms with van der Waals surface area (Å²) in [7, 11) is 0. The van der Waals surface area contributed by atoms with E-state index in [1.807, 2.05) is 6.92 Å². The zero-order valence-corrected chi connectivity index (χ0v) is 10.8. The lowest BCUT2D eigenvalue weighted by Crippen LogP contribution is -2.05. The molecular weight excluding hydrogens is 236 g/mol. The SMILES string of the molecule is CCCCNc1ncc2c(Cl)ncc(C)c2n1. The molecule has 0 aromatic carbocycles. The van der Waals surface area contributed by atoms with Crippen molar-refractivity contribution in [1.82, 2.24) is 15.0 Å². The van der Waals surface area contributed by atoms with Gasteiger partial charge in [0.2, 0.25) is 5.95 Å². The smallest absolute Gasteiger partial charge is 0.223 e. The van der Waals surface area contributed by atoms with E-state index in [-0.39, 0.29) is 0 Å². The predicted molar refractivity (Wildman–Crippen MR) is 70.5 cm³/mol. The molecule has 1 N–H and O–H groups in total. The number of nitrogens with zero attached hydrogens (tertiary/aromatic N) is 3. The van der Waals surface area contributed by atoms with Crippen LogP contribution in [0.1, 0.15) is 25.3 Å². The number of hydrogen-bond acceptors (Lipinski definition) is 4. The normalized spacial score (nSPS) is 10.8. The number of rotatable bonds is 4. The number of aromatic nitrogens is 3. The largest absolute Gasteiger partial charge is 0.354 e. The minimum Gasteiger partial charge on any atom is -0.354 e. The van der Waals surface area contributed by atoms with Gasteiger partial charge in [0, 0.05) is 18.9 Å². The summed E-state index contributed by atoms with van der Waals surface area (Å²) in [5.41, 5.74) is 1.87. The molecule has 0 spiro atoms. The van der Waals surface area contributed by atoms with Gasteiger partial charge in [0.15, 0.2) is 0 Å². The fraction of sp³-hybridized carbons (Fsp3) is 0.417. The monoisotopic (exact) mass is 250 g/mol. The molecule has 0 aliphatic heterocycles. The Morgan fingerprint density at radius 1 is 1.29 bits per heavy atom. The predicted octanol–water partition coefficient (Wildman–Crippen LogP) is 3.20. The molecule has 0 aliphatic rings. The molecule has 2 rings (SSSR count). The summed E-state index contributed by atoms with van der Waals surface area (Å²) in [6, 6.07) is 0. The maximum Gasteiger partial charge on any atom is 0.223 e. The highest BCUT2D eigenvalue weighted by atomic mass is 35.5. The van der Waals surface area contributed by atoms with Gasteiger partial charge in [-0.1, -0.05) is 24.9 Å². The van der Waals surface area contributed by atoms with E-state index >= 15 is 0 Å².